The lowest BCUT2D eigenvalue weighted by atomic mass is 9.85. The number of rotatable bonds is 4. The highest BCUT2D eigenvalue weighted by Gasteiger charge is 2.49. The summed E-state index contributed by atoms with van der Waals surface area (Å²) in [6, 6.07) is 4.48. The van der Waals surface area contributed by atoms with Crippen LogP contribution in [-0.4, -0.2) is 43.6 Å². The van der Waals surface area contributed by atoms with Crippen molar-refractivity contribution in [1.29, 1.82) is 0 Å². The van der Waals surface area contributed by atoms with Crippen LogP contribution in [0.5, 0.6) is 5.75 Å². The number of nitrogens with two attached hydrogens (primary N) is 1. The van der Waals surface area contributed by atoms with E-state index in [0.717, 1.165) is 0 Å². The molecule has 1 aliphatic rings. The molecule has 1 fully saturated rings. The average Bonchev–Trinajstić information content (AvgIpc) is 2.34. The summed E-state index contributed by atoms with van der Waals surface area (Å²) in [6.45, 7) is 3.91. The molecule has 20 heavy (non-hydrogen) atoms. The number of methoxy groups -OCH3 is 1. The third kappa shape index (κ3) is 2.36. The van der Waals surface area contributed by atoms with Gasteiger partial charge in [-0.15, -0.1) is 0 Å². The molecule has 0 saturated carbocycles. The molecule has 0 unspecified atom stereocenters. The minimum absolute atomic E-state index is 0.00307. The lowest BCUT2D eigenvalue weighted by Crippen LogP contribution is -2.65. The van der Waals surface area contributed by atoms with E-state index < -0.39 is 15.6 Å². The lowest BCUT2D eigenvalue weighted by molar-refractivity contribution is -0.0932. The van der Waals surface area contributed by atoms with Gasteiger partial charge in [0.25, 0.3) is 0 Å². The molecule has 0 radical (unpaired) electrons. The first-order valence-electron chi connectivity index (χ1n) is 6.37. The van der Waals surface area contributed by atoms with E-state index in [1.54, 1.807) is 6.07 Å². The van der Waals surface area contributed by atoms with E-state index in [1.807, 2.05) is 13.8 Å². The summed E-state index contributed by atoms with van der Waals surface area (Å²) < 4.78 is 31.4. The zero-order chi connectivity index (χ0) is 15.1. The van der Waals surface area contributed by atoms with Gasteiger partial charge in [0.2, 0.25) is 10.0 Å². The number of ether oxygens (including phenoxy) is 1. The standard InChI is InChI=1S/C13H20N2O4S/c1-9(2)13(16)7-15(8-13)20(17,18)12-6-10(14)4-5-11(12)19-3/h4-6,9,16H,7-8,14H2,1-3H3. The first kappa shape index (κ1) is 15.1. The Kier molecular flexibility index (Phi) is 3.70. The summed E-state index contributed by atoms with van der Waals surface area (Å²) in [5.74, 6) is 0.246. The van der Waals surface area contributed by atoms with Crippen LogP contribution in [0.25, 0.3) is 0 Å². The molecule has 3 N–H and O–H groups in total. The lowest BCUT2D eigenvalue weighted by Gasteiger charge is -2.47. The van der Waals surface area contributed by atoms with Crippen LogP contribution in [0.3, 0.4) is 0 Å². The minimum Gasteiger partial charge on any atom is -0.495 e. The van der Waals surface area contributed by atoms with Crippen LogP contribution >= 0.6 is 0 Å². The second-order valence-electron chi connectivity index (χ2n) is 5.44. The average molecular weight is 300 g/mol. The van der Waals surface area contributed by atoms with Crippen LogP contribution in [0, 0.1) is 5.92 Å². The van der Waals surface area contributed by atoms with E-state index in [2.05, 4.69) is 0 Å². The summed E-state index contributed by atoms with van der Waals surface area (Å²) in [5, 5.41) is 10.2. The molecule has 0 bridgehead atoms. The largest absolute Gasteiger partial charge is 0.495 e. The number of hydrogen-bond acceptors (Lipinski definition) is 5. The number of anilines is 1. The van der Waals surface area contributed by atoms with E-state index in [4.69, 9.17) is 10.5 Å². The van der Waals surface area contributed by atoms with Crippen LogP contribution in [0.4, 0.5) is 5.69 Å². The van der Waals surface area contributed by atoms with Crippen LogP contribution in [0.1, 0.15) is 13.8 Å². The first-order chi connectivity index (χ1) is 9.20. The van der Waals surface area contributed by atoms with Gasteiger partial charge in [-0.3, -0.25) is 0 Å². The smallest absolute Gasteiger partial charge is 0.247 e. The fraction of sp³-hybridized carbons (Fsp3) is 0.538. The molecule has 0 aromatic heterocycles. The van der Waals surface area contributed by atoms with Crippen LogP contribution in [0.15, 0.2) is 23.1 Å². The normalized spacial score (nSPS) is 18.9. The quantitative estimate of drug-likeness (QED) is 0.797. The molecule has 2 rings (SSSR count). The number of nitrogen functional groups attached to an aromatic ring is 1. The zero-order valence-corrected chi connectivity index (χ0v) is 12.6. The fourth-order valence-corrected chi connectivity index (χ4v) is 3.89. The van der Waals surface area contributed by atoms with Crippen molar-refractivity contribution in [1.82, 2.24) is 4.31 Å². The van der Waals surface area contributed by atoms with E-state index in [1.165, 1.54) is 23.5 Å². The predicted molar refractivity (Wildman–Crippen MR) is 76.0 cm³/mol. The van der Waals surface area contributed by atoms with Gasteiger partial charge in [-0.2, -0.15) is 4.31 Å². The van der Waals surface area contributed by atoms with E-state index >= 15 is 0 Å². The molecule has 0 amide bonds. The van der Waals surface area contributed by atoms with E-state index in [-0.39, 0.29) is 29.7 Å². The summed E-state index contributed by atoms with van der Waals surface area (Å²) in [4.78, 5) is 0.0332. The van der Waals surface area contributed by atoms with Crippen molar-refractivity contribution < 1.29 is 18.3 Å². The molecule has 1 heterocycles. The Morgan fingerprint density at radius 2 is 2.00 bits per heavy atom. The van der Waals surface area contributed by atoms with Gasteiger partial charge in [0.05, 0.1) is 12.7 Å². The number of β-amino-alcohol motifs (C(OH)–C–C–N with tert-alkyl or cyclic N) is 1. The topological polar surface area (TPSA) is 92.9 Å². The number of nitrogens with zero attached hydrogens (tertiary/aromatic N) is 1. The molecule has 7 heteroatoms. The van der Waals surface area contributed by atoms with Gasteiger partial charge < -0.3 is 15.6 Å². The van der Waals surface area contributed by atoms with Gasteiger partial charge in [-0.05, 0) is 24.1 Å². The highest BCUT2D eigenvalue weighted by atomic mass is 32.2. The van der Waals surface area contributed by atoms with E-state index in [9.17, 15) is 13.5 Å². The van der Waals surface area contributed by atoms with Crippen molar-refractivity contribution in [2.45, 2.75) is 24.3 Å². The third-order valence-electron chi connectivity index (χ3n) is 3.78. The van der Waals surface area contributed by atoms with Crippen LogP contribution in [0.2, 0.25) is 0 Å². The van der Waals surface area contributed by atoms with Crippen molar-refractivity contribution in [3.05, 3.63) is 18.2 Å². The highest BCUT2D eigenvalue weighted by molar-refractivity contribution is 7.89. The van der Waals surface area contributed by atoms with Gasteiger partial charge in [0, 0.05) is 18.8 Å². The predicted octanol–water partition coefficient (Wildman–Crippen LogP) is 0.669. The summed E-state index contributed by atoms with van der Waals surface area (Å²) in [6.07, 6.45) is 0. The van der Waals surface area contributed by atoms with Gasteiger partial charge in [0.1, 0.15) is 10.6 Å². The Balaban J connectivity index is 2.32. The number of hydrogen-bond donors (Lipinski definition) is 2. The number of aliphatic hydroxyl groups is 1. The fourth-order valence-electron chi connectivity index (χ4n) is 2.13. The molecule has 1 aromatic rings. The minimum atomic E-state index is -3.70. The van der Waals surface area contributed by atoms with Gasteiger partial charge in [0.15, 0.2) is 0 Å². The monoisotopic (exact) mass is 300 g/mol. The first-order valence-corrected chi connectivity index (χ1v) is 7.81. The molecule has 0 atom stereocenters. The molecular formula is C13H20N2O4S. The molecule has 6 nitrogen and oxygen atoms in total. The molecular weight excluding hydrogens is 280 g/mol. The third-order valence-corrected chi connectivity index (χ3v) is 5.59. The van der Waals surface area contributed by atoms with Crippen molar-refractivity contribution in [2.24, 2.45) is 5.92 Å². The SMILES string of the molecule is COc1ccc(N)cc1S(=O)(=O)N1CC(O)(C(C)C)C1. The maximum Gasteiger partial charge on any atom is 0.247 e. The summed E-state index contributed by atoms with van der Waals surface area (Å²) in [7, 11) is -2.30. The summed E-state index contributed by atoms with van der Waals surface area (Å²) in [5.41, 5.74) is 5.05. The maximum atomic E-state index is 12.5. The Morgan fingerprint density at radius 3 is 2.50 bits per heavy atom. The van der Waals surface area contributed by atoms with Crippen molar-refractivity contribution in [3.63, 3.8) is 0 Å². The van der Waals surface area contributed by atoms with Crippen molar-refractivity contribution in [3.8, 4) is 5.75 Å². The van der Waals surface area contributed by atoms with E-state index in [0.29, 0.717) is 5.69 Å². The van der Waals surface area contributed by atoms with Gasteiger partial charge in [-0.25, -0.2) is 8.42 Å². The maximum absolute atomic E-state index is 12.5. The van der Waals surface area contributed by atoms with Gasteiger partial charge >= 0.3 is 0 Å². The molecule has 0 aliphatic carbocycles. The Hall–Kier alpha value is -1.31. The molecule has 1 aromatic carbocycles. The molecule has 1 saturated heterocycles. The summed E-state index contributed by atoms with van der Waals surface area (Å²) >= 11 is 0. The van der Waals surface area contributed by atoms with Crippen molar-refractivity contribution in [2.75, 3.05) is 25.9 Å². The Labute approximate surface area is 119 Å². The molecule has 0 spiro atoms. The van der Waals surface area contributed by atoms with Crippen LogP contribution in [-0.2, 0) is 10.0 Å². The Bertz CT molecular complexity index is 607. The number of benzene rings is 1. The Morgan fingerprint density at radius 1 is 1.40 bits per heavy atom. The van der Waals surface area contributed by atoms with Gasteiger partial charge in [-0.1, -0.05) is 13.8 Å². The zero-order valence-electron chi connectivity index (χ0n) is 11.8. The second-order valence-corrected chi connectivity index (χ2v) is 7.35. The molecule has 112 valence electrons. The number of sulfonamides is 1. The molecule has 1 aliphatic heterocycles. The highest BCUT2D eigenvalue weighted by Crippen LogP contribution is 2.36. The van der Waals surface area contributed by atoms with Crippen molar-refractivity contribution >= 4 is 15.7 Å². The second kappa shape index (κ2) is 4.91. The van der Waals surface area contributed by atoms with Crippen LogP contribution < -0.4 is 10.5 Å².